The molecular weight excluding hydrogens is 272 g/mol. The summed E-state index contributed by atoms with van der Waals surface area (Å²) in [4.78, 5) is 0. The van der Waals surface area contributed by atoms with Crippen LogP contribution < -0.4 is 17.0 Å². The summed E-state index contributed by atoms with van der Waals surface area (Å²) in [5.41, 5.74) is 3.59. The van der Waals surface area contributed by atoms with E-state index >= 15 is 0 Å². The Morgan fingerprint density at radius 1 is 1.00 bits per heavy atom. The van der Waals surface area contributed by atoms with E-state index in [0.717, 1.165) is 0 Å². The van der Waals surface area contributed by atoms with Crippen molar-refractivity contribution in [2.24, 2.45) is 0 Å². The summed E-state index contributed by atoms with van der Waals surface area (Å²) in [6, 6.07) is 19.2. The first-order valence-electron chi connectivity index (χ1n) is 4.60. The van der Waals surface area contributed by atoms with Gasteiger partial charge < -0.3 is 17.0 Å². The molecule has 0 nitrogen and oxygen atoms in total. The van der Waals surface area contributed by atoms with Crippen molar-refractivity contribution in [1.29, 1.82) is 0 Å². The Labute approximate surface area is 123 Å². The second-order valence-corrected chi connectivity index (χ2v) is 3.08. The quantitative estimate of drug-likeness (QED) is 0.554. The van der Waals surface area contributed by atoms with Crippen LogP contribution in [0.4, 0.5) is 0 Å². The summed E-state index contributed by atoms with van der Waals surface area (Å²) < 4.78 is 0. The zero-order valence-corrected chi connectivity index (χ0v) is 12.0. The maximum atomic E-state index is 3.81. The van der Waals surface area contributed by atoms with Crippen molar-refractivity contribution < 1.29 is 17.0 Å². The van der Waals surface area contributed by atoms with Crippen molar-refractivity contribution in [1.82, 2.24) is 0 Å². The van der Waals surface area contributed by atoms with Crippen LogP contribution in [-0.4, -0.2) is 23.1 Å². The van der Waals surface area contributed by atoms with E-state index in [2.05, 4.69) is 36.9 Å². The molecule has 16 heavy (non-hydrogen) atoms. The zero-order valence-electron chi connectivity index (χ0n) is 8.99. The van der Waals surface area contributed by atoms with Crippen LogP contribution in [0, 0.1) is 6.07 Å². The smallest absolute Gasteiger partial charge is 1.00 e. The van der Waals surface area contributed by atoms with Crippen LogP contribution in [0.1, 0.15) is 5.56 Å². The molecule has 2 aromatic carbocycles. The molecule has 0 spiro atoms. The molecule has 0 aliphatic heterocycles. The van der Waals surface area contributed by atoms with Gasteiger partial charge in [0.05, 0.1) is 0 Å². The predicted octanol–water partition coefficient (Wildman–Crippen LogP) is 0.420. The van der Waals surface area contributed by atoms with Crippen LogP contribution >= 0.6 is 0 Å². The van der Waals surface area contributed by atoms with Gasteiger partial charge in [0.15, 0.2) is 0 Å². The third-order valence-corrected chi connectivity index (χ3v) is 2.21. The summed E-state index contributed by atoms with van der Waals surface area (Å²) in [6.07, 6.45) is 1.88. The normalized spacial score (nSPS) is 8.50. The molecule has 0 heterocycles. The average molecular weight is 283 g/mol. The van der Waals surface area contributed by atoms with Crippen molar-refractivity contribution in [2.75, 3.05) is 0 Å². The molecule has 0 amide bonds. The first-order chi connectivity index (χ1) is 6.92. The first kappa shape index (κ1) is 15.4. The summed E-state index contributed by atoms with van der Waals surface area (Å²) in [5.74, 6) is 0. The molecule has 0 aliphatic carbocycles. The minimum absolute atomic E-state index is 0. The standard InChI is InChI=1S/C14H11.BrH.Mg/c1-2-12-8-6-7-11-14(12)13-9-4-3-5-10-13;;/h2,4-11H,1H2;1H;/q-1;;+2/p-1. The van der Waals surface area contributed by atoms with Gasteiger partial charge in [-0.05, 0) is 11.1 Å². The fourth-order valence-electron chi connectivity index (χ4n) is 1.50. The minimum Gasteiger partial charge on any atom is -1.00 e. The van der Waals surface area contributed by atoms with Gasteiger partial charge in [-0.15, -0.1) is 5.56 Å². The molecule has 0 bridgehead atoms. The summed E-state index contributed by atoms with van der Waals surface area (Å²) in [6.45, 7) is 3.81. The summed E-state index contributed by atoms with van der Waals surface area (Å²) in [7, 11) is 0. The molecule has 0 radical (unpaired) electrons. The van der Waals surface area contributed by atoms with Crippen molar-refractivity contribution in [3.8, 4) is 11.1 Å². The van der Waals surface area contributed by atoms with Crippen molar-refractivity contribution in [3.05, 3.63) is 66.7 Å². The van der Waals surface area contributed by atoms with Crippen LogP contribution in [0.2, 0.25) is 0 Å². The Bertz CT molecular complexity index is 437. The van der Waals surface area contributed by atoms with E-state index in [1.54, 1.807) is 0 Å². The molecule has 0 fully saturated rings. The third kappa shape index (κ3) is 3.47. The largest absolute Gasteiger partial charge is 2.00 e. The van der Waals surface area contributed by atoms with Crippen LogP contribution in [0.5, 0.6) is 0 Å². The van der Waals surface area contributed by atoms with E-state index in [9.17, 15) is 0 Å². The Morgan fingerprint density at radius 2 is 1.62 bits per heavy atom. The van der Waals surface area contributed by atoms with Crippen LogP contribution in [0.25, 0.3) is 17.2 Å². The molecule has 0 aliphatic rings. The van der Waals surface area contributed by atoms with Crippen LogP contribution in [-0.2, 0) is 0 Å². The van der Waals surface area contributed by atoms with Gasteiger partial charge in [0.1, 0.15) is 0 Å². The third-order valence-electron chi connectivity index (χ3n) is 2.21. The topological polar surface area (TPSA) is 0 Å². The van der Waals surface area contributed by atoms with Crippen LogP contribution in [0.3, 0.4) is 0 Å². The van der Waals surface area contributed by atoms with E-state index in [0.29, 0.717) is 0 Å². The zero-order chi connectivity index (χ0) is 9.80. The second-order valence-electron chi connectivity index (χ2n) is 3.08. The molecule has 0 saturated carbocycles. The molecule has 2 heteroatoms. The molecule has 2 rings (SSSR count). The molecule has 0 N–H and O–H groups in total. The number of hydrogen-bond donors (Lipinski definition) is 0. The van der Waals surface area contributed by atoms with Crippen LogP contribution in [0.15, 0.2) is 55.1 Å². The predicted molar refractivity (Wildman–Crippen MR) is 66.6 cm³/mol. The van der Waals surface area contributed by atoms with E-state index in [1.807, 2.05) is 30.3 Å². The van der Waals surface area contributed by atoms with Crippen molar-refractivity contribution in [2.45, 2.75) is 0 Å². The molecule has 0 atom stereocenters. The van der Waals surface area contributed by atoms with Gasteiger partial charge in [-0.1, -0.05) is 36.9 Å². The monoisotopic (exact) mass is 282 g/mol. The van der Waals surface area contributed by atoms with E-state index in [4.69, 9.17) is 0 Å². The van der Waals surface area contributed by atoms with Gasteiger partial charge in [-0.25, -0.2) is 0 Å². The maximum Gasteiger partial charge on any atom is 2.00 e. The SMILES string of the molecule is C=Cc1ccccc1-c1cc[c-]cc1.[Br-].[Mg+2]. The molecule has 2 aromatic rings. The minimum atomic E-state index is 0. The van der Waals surface area contributed by atoms with E-state index in [1.165, 1.54) is 16.7 Å². The molecule has 0 aromatic heterocycles. The van der Waals surface area contributed by atoms with Crippen molar-refractivity contribution in [3.63, 3.8) is 0 Å². The molecular formula is C14H11BrMg. The van der Waals surface area contributed by atoms with Gasteiger partial charge in [-0.2, -0.15) is 30.3 Å². The Balaban J connectivity index is 0.00000112. The summed E-state index contributed by atoms with van der Waals surface area (Å²) >= 11 is 0. The Kier molecular flexibility index (Phi) is 7.38. The number of rotatable bonds is 2. The van der Waals surface area contributed by atoms with Gasteiger partial charge in [0.2, 0.25) is 0 Å². The Hall–Kier alpha value is -0.574. The fraction of sp³-hybridized carbons (Fsp3) is 0. The van der Waals surface area contributed by atoms with E-state index < -0.39 is 0 Å². The number of hydrogen-bond acceptors (Lipinski definition) is 0. The number of halogens is 1. The molecule has 0 saturated heterocycles. The average Bonchev–Trinajstić information content (AvgIpc) is 2.30. The molecule has 76 valence electrons. The Morgan fingerprint density at radius 3 is 2.25 bits per heavy atom. The second kappa shape index (κ2) is 7.66. The van der Waals surface area contributed by atoms with Gasteiger partial charge >= 0.3 is 23.1 Å². The van der Waals surface area contributed by atoms with Crippen molar-refractivity contribution >= 4 is 29.1 Å². The summed E-state index contributed by atoms with van der Waals surface area (Å²) in [5, 5.41) is 0. The fourth-order valence-corrected chi connectivity index (χ4v) is 1.50. The first-order valence-corrected chi connectivity index (χ1v) is 4.60. The van der Waals surface area contributed by atoms with Gasteiger partial charge in [0.25, 0.3) is 0 Å². The van der Waals surface area contributed by atoms with Gasteiger partial charge in [0, 0.05) is 0 Å². The van der Waals surface area contributed by atoms with Gasteiger partial charge in [-0.3, -0.25) is 0 Å². The number of benzene rings is 2. The van der Waals surface area contributed by atoms with E-state index in [-0.39, 0.29) is 40.0 Å². The molecule has 0 unspecified atom stereocenters. The maximum absolute atomic E-state index is 3.81.